The highest BCUT2D eigenvalue weighted by molar-refractivity contribution is 5.47. The van der Waals surface area contributed by atoms with E-state index in [1.807, 2.05) is 6.07 Å². The fourth-order valence-electron chi connectivity index (χ4n) is 2.81. The number of rotatable bonds is 3. The van der Waals surface area contributed by atoms with Crippen LogP contribution in [-0.2, 0) is 0 Å². The van der Waals surface area contributed by atoms with Gasteiger partial charge in [-0.1, -0.05) is 44.2 Å². The molecule has 2 nitrogen and oxygen atoms in total. The lowest BCUT2D eigenvalue weighted by atomic mass is 9.83. The van der Waals surface area contributed by atoms with Gasteiger partial charge in [-0.15, -0.1) is 0 Å². The molecule has 0 aromatic heterocycles. The Morgan fingerprint density at radius 1 is 1.06 bits per heavy atom. The van der Waals surface area contributed by atoms with Gasteiger partial charge in [0.25, 0.3) is 0 Å². The number of hydrogen-bond donors (Lipinski definition) is 2. The van der Waals surface area contributed by atoms with Crippen LogP contribution in [0.15, 0.2) is 24.3 Å². The molecular weight excluding hydrogens is 227 g/mol. The van der Waals surface area contributed by atoms with Crippen molar-refractivity contribution >= 4 is 5.69 Å². The molecule has 1 aliphatic rings. The van der Waals surface area contributed by atoms with E-state index < -0.39 is 0 Å². The van der Waals surface area contributed by atoms with Gasteiger partial charge < -0.3 is 11.1 Å². The van der Waals surface area contributed by atoms with Crippen LogP contribution < -0.4 is 11.1 Å². The Kier molecular flexibility index (Phi) is 4.59. The molecule has 1 aromatic carbocycles. The highest BCUT2D eigenvalue weighted by Gasteiger charge is 2.29. The summed E-state index contributed by atoms with van der Waals surface area (Å²) in [5.41, 5.74) is 6.44. The smallest absolute Gasteiger partial charge is 0.146 e. The van der Waals surface area contributed by atoms with Crippen molar-refractivity contribution in [1.29, 1.82) is 0 Å². The quantitative estimate of drug-likeness (QED) is 0.858. The highest BCUT2D eigenvalue weighted by atomic mass is 19.1. The van der Waals surface area contributed by atoms with Crippen molar-refractivity contribution in [1.82, 2.24) is 0 Å². The SMILES string of the molecule is NCC1(Nc2ccccc2F)CCCCCCC1. The topological polar surface area (TPSA) is 38.0 Å². The second-order valence-corrected chi connectivity index (χ2v) is 5.36. The van der Waals surface area contributed by atoms with Crippen LogP contribution in [0.4, 0.5) is 10.1 Å². The molecule has 3 heteroatoms. The van der Waals surface area contributed by atoms with Gasteiger partial charge in [0.15, 0.2) is 0 Å². The molecule has 0 spiro atoms. The van der Waals surface area contributed by atoms with E-state index in [-0.39, 0.29) is 11.4 Å². The predicted octanol–water partition coefficient (Wildman–Crippen LogP) is 3.68. The molecule has 0 heterocycles. The van der Waals surface area contributed by atoms with Gasteiger partial charge in [0.05, 0.1) is 5.69 Å². The molecule has 0 aliphatic heterocycles. The van der Waals surface area contributed by atoms with Crippen molar-refractivity contribution in [3.63, 3.8) is 0 Å². The van der Waals surface area contributed by atoms with E-state index in [1.54, 1.807) is 12.1 Å². The summed E-state index contributed by atoms with van der Waals surface area (Å²) in [5.74, 6) is -0.188. The predicted molar refractivity (Wildman–Crippen MR) is 74.1 cm³/mol. The monoisotopic (exact) mass is 250 g/mol. The van der Waals surface area contributed by atoms with Crippen molar-refractivity contribution in [3.05, 3.63) is 30.1 Å². The first kappa shape index (κ1) is 13.3. The average Bonchev–Trinajstić information content (AvgIpc) is 2.35. The Morgan fingerprint density at radius 2 is 1.67 bits per heavy atom. The molecule has 1 aliphatic carbocycles. The summed E-state index contributed by atoms with van der Waals surface area (Å²) in [6.45, 7) is 0.571. The van der Waals surface area contributed by atoms with Crippen LogP contribution in [0.3, 0.4) is 0 Å². The van der Waals surface area contributed by atoms with Gasteiger partial charge in [0.2, 0.25) is 0 Å². The molecule has 2 rings (SSSR count). The Balaban J connectivity index is 2.13. The Bertz CT molecular complexity index is 371. The van der Waals surface area contributed by atoms with Gasteiger partial charge >= 0.3 is 0 Å². The lowest BCUT2D eigenvalue weighted by molar-refractivity contribution is 0.349. The van der Waals surface area contributed by atoms with Crippen molar-refractivity contribution in [2.45, 2.75) is 50.5 Å². The van der Waals surface area contributed by atoms with Gasteiger partial charge in [-0.3, -0.25) is 0 Å². The summed E-state index contributed by atoms with van der Waals surface area (Å²) in [7, 11) is 0. The molecule has 3 N–H and O–H groups in total. The third-order valence-electron chi connectivity index (χ3n) is 3.98. The Labute approximate surface area is 109 Å². The van der Waals surface area contributed by atoms with Crippen LogP contribution in [-0.4, -0.2) is 12.1 Å². The van der Waals surface area contributed by atoms with E-state index >= 15 is 0 Å². The molecule has 0 bridgehead atoms. The minimum Gasteiger partial charge on any atom is -0.376 e. The van der Waals surface area contributed by atoms with Crippen molar-refractivity contribution in [3.8, 4) is 0 Å². The van der Waals surface area contributed by atoms with Crippen LogP contribution in [0.25, 0.3) is 0 Å². The average molecular weight is 250 g/mol. The Hall–Kier alpha value is -1.09. The van der Waals surface area contributed by atoms with Crippen LogP contribution in [0.5, 0.6) is 0 Å². The fraction of sp³-hybridized carbons (Fsp3) is 0.600. The second-order valence-electron chi connectivity index (χ2n) is 5.36. The number of nitrogens with two attached hydrogens (primary N) is 1. The number of anilines is 1. The summed E-state index contributed by atoms with van der Waals surface area (Å²) < 4.78 is 13.7. The summed E-state index contributed by atoms with van der Waals surface area (Å²) in [5, 5.41) is 3.38. The van der Waals surface area contributed by atoms with Crippen molar-refractivity contribution < 1.29 is 4.39 Å². The van der Waals surface area contributed by atoms with E-state index in [1.165, 1.54) is 38.2 Å². The van der Waals surface area contributed by atoms with Crippen LogP contribution >= 0.6 is 0 Å². The van der Waals surface area contributed by atoms with Crippen LogP contribution in [0.2, 0.25) is 0 Å². The third-order valence-corrected chi connectivity index (χ3v) is 3.98. The number of para-hydroxylation sites is 1. The van der Waals surface area contributed by atoms with Gasteiger partial charge in [-0.25, -0.2) is 4.39 Å². The van der Waals surface area contributed by atoms with Crippen molar-refractivity contribution in [2.24, 2.45) is 5.73 Å². The van der Waals surface area contributed by atoms with E-state index in [0.29, 0.717) is 12.2 Å². The second kappa shape index (κ2) is 6.19. The Morgan fingerprint density at radius 3 is 2.28 bits per heavy atom. The summed E-state index contributed by atoms with van der Waals surface area (Å²) in [6.07, 6.45) is 8.29. The van der Waals surface area contributed by atoms with E-state index in [4.69, 9.17) is 5.73 Å². The molecule has 18 heavy (non-hydrogen) atoms. The molecule has 0 radical (unpaired) electrons. The first-order chi connectivity index (χ1) is 8.76. The number of halogens is 1. The first-order valence-corrected chi connectivity index (χ1v) is 6.99. The van der Waals surface area contributed by atoms with E-state index in [9.17, 15) is 4.39 Å². The molecule has 0 amide bonds. The molecular formula is C15H23FN2. The number of nitrogens with one attached hydrogen (secondary N) is 1. The van der Waals surface area contributed by atoms with Gasteiger partial charge in [0, 0.05) is 12.1 Å². The largest absolute Gasteiger partial charge is 0.376 e. The molecule has 1 aromatic rings. The summed E-state index contributed by atoms with van der Waals surface area (Å²) in [4.78, 5) is 0. The fourth-order valence-corrected chi connectivity index (χ4v) is 2.81. The molecule has 0 saturated heterocycles. The molecule has 1 fully saturated rings. The molecule has 0 unspecified atom stereocenters. The zero-order valence-corrected chi connectivity index (χ0v) is 10.9. The van der Waals surface area contributed by atoms with Crippen LogP contribution in [0, 0.1) is 5.82 Å². The van der Waals surface area contributed by atoms with Crippen LogP contribution in [0.1, 0.15) is 44.9 Å². The van der Waals surface area contributed by atoms with Gasteiger partial charge in [0.1, 0.15) is 5.82 Å². The minimum absolute atomic E-state index is 0.122. The molecule has 0 atom stereocenters. The maximum Gasteiger partial charge on any atom is 0.146 e. The van der Waals surface area contributed by atoms with Crippen molar-refractivity contribution in [2.75, 3.05) is 11.9 Å². The first-order valence-electron chi connectivity index (χ1n) is 6.99. The highest BCUT2D eigenvalue weighted by Crippen LogP contribution is 2.30. The number of benzene rings is 1. The van der Waals surface area contributed by atoms with Gasteiger partial charge in [-0.2, -0.15) is 0 Å². The lowest BCUT2D eigenvalue weighted by Gasteiger charge is -2.36. The normalized spacial score (nSPS) is 19.9. The van der Waals surface area contributed by atoms with E-state index in [2.05, 4.69) is 5.32 Å². The zero-order chi connectivity index (χ0) is 12.8. The maximum absolute atomic E-state index is 13.7. The summed E-state index contributed by atoms with van der Waals surface area (Å²) in [6, 6.07) is 6.87. The summed E-state index contributed by atoms with van der Waals surface area (Å²) >= 11 is 0. The molecule has 1 saturated carbocycles. The standard InChI is InChI=1S/C15H23FN2/c16-13-8-4-5-9-14(13)18-15(12-17)10-6-2-1-3-7-11-15/h4-5,8-9,18H,1-3,6-7,10-12,17H2. The minimum atomic E-state index is -0.188. The zero-order valence-electron chi connectivity index (χ0n) is 10.9. The van der Waals surface area contributed by atoms with E-state index in [0.717, 1.165) is 12.8 Å². The maximum atomic E-state index is 13.7. The lowest BCUT2D eigenvalue weighted by Crippen LogP contribution is -2.46. The number of hydrogen-bond acceptors (Lipinski definition) is 2. The van der Waals surface area contributed by atoms with Gasteiger partial charge in [-0.05, 0) is 25.0 Å². The molecule has 100 valence electrons. The third kappa shape index (κ3) is 3.22.